The Morgan fingerprint density at radius 1 is 1.33 bits per heavy atom. The molecule has 0 unspecified atom stereocenters. The van der Waals surface area contributed by atoms with E-state index in [0.717, 1.165) is 25.7 Å². The SMILES string of the molecule is CO[C@@H]1CC[C@@]2(OC)CCN(C(=O)c3cccc4nnnn34)[C@H]2C1. The Bertz CT molecular complexity index is 763. The molecule has 8 nitrogen and oxygen atoms in total. The summed E-state index contributed by atoms with van der Waals surface area (Å²) in [5.74, 6) is -0.0615. The number of pyridine rings is 1. The maximum atomic E-state index is 13.2. The second kappa shape index (κ2) is 5.78. The van der Waals surface area contributed by atoms with Crippen LogP contribution in [0.1, 0.15) is 36.2 Å². The highest BCUT2D eigenvalue weighted by Crippen LogP contribution is 2.43. The van der Waals surface area contributed by atoms with Crippen molar-refractivity contribution in [3.63, 3.8) is 0 Å². The fourth-order valence-electron chi connectivity index (χ4n) is 4.19. The third kappa shape index (κ3) is 2.21. The zero-order chi connectivity index (χ0) is 16.7. The van der Waals surface area contributed by atoms with Gasteiger partial charge in [-0.3, -0.25) is 4.79 Å². The number of fused-ring (bicyclic) bond motifs is 2. The number of hydrogen-bond acceptors (Lipinski definition) is 6. The third-order valence-electron chi connectivity index (χ3n) is 5.58. The average molecular weight is 331 g/mol. The predicted molar refractivity (Wildman–Crippen MR) is 84.6 cm³/mol. The average Bonchev–Trinajstić information content (AvgIpc) is 3.25. The van der Waals surface area contributed by atoms with Gasteiger partial charge in [-0.15, -0.1) is 5.10 Å². The Labute approximate surface area is 139 Å². The van der Waals surface area contributed by atoms with Crippen LogP contribution in [0.25, 0.3) is 5.65 Å². The summed E-state index contributed by atoms with van der Waals surface area (Å²) < 4.78 is 12.9. The van der Waals surface area contributed by atoms with Crippen LogP contribution in [0.5, 0.6) is 0 Å². The summed E-state index contributed by atoms with van der Waals surface area (Å²) in [5, 5.41) is 11.5. The van der Waals surface area contributed by atoms with Crippen LogP contribution in [0.3, 0.4) is 0 Å². The third-order valence-corrected chi connectivity index (χ3v) is 5.58. The molecule has 1 aliphatic carbocycles. The summed E-state index contributed by atoms with van der Waals surface area (Å²) in [7, 11) is 3.48. The van der Waals surface area contributed by atoms with Crippen molar-refractivity contribution in [2.45, 2.75) is 43.4 Å². The number of likely N-dealkylation sites (tertiary alicyclic amines) is 1. The molecule has 8 heteroatoms. The first kappa shape index (κ1) is 15.5. The second-order valence-corrected chi connectivity index (χ2v) is 6.53. The van der Waals surface area contributed by atoms with Gasteiger partial charge in [0.25, 0.3) is 5.91 Å². The summed E-state index contributed by atoms with van der Waals surface area (Å²) in [5.41, 5.74) is 0.777. The molecule has 1 saturated heterocycles. The van der Waals surface area contributed by atoms with E-state index >= 15 is 0 Å². The van der Waals surface area contributed by atoms with Crippen LogP contribution in [0.15, 0.2) is 18.2 Å². The molecule has 128 valence electrons. The maximum Gasteiger partial charge on any atom is 0.273 e. The molecule has 24 heavy (non-hydrogen) atoms. The number of carbonyl (C=O) groups excluding carboxylic acids is 1. The van der Waals surface area contributed by atoms with Crippen LogP contribution in [0, 0.1) is 0 Å². The van der Waals surface area contributed by atoms with E-state index in [1.54, 1.807) is 32.4 Å². The van der Waals surface area contributed by atoms with Gasteiger partial charge in [-0.05, 0) is 48.2 Å². The molecule has 0 N–H and O–H groups in total. The molecular formula is C16H21N5O3. The number of methoxy groups -OCH3 is 2. The van der Waals surface area contributed by atoms with Crippen LogP contribution in [0.2, 0.25) is 0 Å². The summed E-state index contributed by atoms with van der Waals surface area (Å²) in [4.78, 5) is 15.1. The van der Waals surface area contributed by atoms with Gasteiger partial charge in [0.2, 0.25) is 0 Å². The molecule has 0 bridgehead atoms. The zero-order valence-corrected chi connectivity index (χ0v) is 13.9. The molecule has 3 atom stereocenters. The maximum absolute atomic E-state index is 13.2. The molecule has 1 amide bonds. The lowest BCUT2D eigenvalue weighted by atomic mass is 9.79. The summed E-state index contributed by atoms with van der Waals surface area (Å²) >= 11 is 0. The number of hydrogen-bond donors (Lipinski definition) is 0. The van der Waals surface area contributed by atoms with Crippen molar-refractivity contribution in [3.8, 4) is 0 Å². The van der Waals surface area contributed by atoms with Crippen molar-refractivity contribution in [2.24, 2.45) is 0 Å². The van der Waals surface area contributed by atoms with E-state index in [1.807, 2.05) is 4.90 Å². The summed E-state index contributed by atoms with van der Waals surface area (Å²) in [6.45, 7) is 0.673. The van der Waals surface area contributed by atoms with Crippen molar-refractivity contribution < 1.29 is 14.3 Å². The lowest BCUT2D eigenvalue weighted by Gasteiger charge is -2.43. The first-order valence-corrected chi connectivity index (χ1v) is 8.24. The van der Waals surface area contributed by atoms with Crippen LogP contribution in [-0.4, -0.2) is 69.4 Å². The first-order chi connectivity index (χ1) is 11.7. The van der Waals surface area contributed by atoms with Crippen LogP contribution < -0.4 is 0 Å². The topological polar surface area (TPSA) is 81.9 Å². The predicted octanol–water partition coefficient (Wildman–Crippen LogP) is 0.923. The van der Waals surface area contributed by atoms with E-state index in [0.29, 0.717) is 17.9 Å². The van der Waals surface area contributed by atoms with E-state index in [9.17, 15) is 4.79 Å². The number of aromatic nitrogens is 4. The molecule has 2 aromatic heterocycles. The van der Waals surface area contributed by atoms with Gasteiger partial charge in [0, 0.05) is 20.8 Å². The van der Waals surface area contributed by atoms with Crippen molar-refractivity contribution in [2.75, 3.05) is 20.8 Å². The number of tetrazole rings is 1. The van der Waals surface area contributed by atoms with E-state index in [2.05, 4.69) is 15.5 Å². The lowest BCUT2D eigenvalue weighted by molar-refractivity contribution is -0.0894. The van der Waals surface area contributed by atoms with Gasteiger partial charge in [-0.2, -0.15) is 4.52 Å². The smallest absolute Gasteiger partial charge is 0.273 e. The Morgan fingerprint density at radius 2 is 2.21 bits per heavy atom. The van der Waals surface area contributed by atoms with Crippen molar-refractivity contribution in [3.05, 3.63) is 23.9 Å². The molecule has 2 aromatic rings. The molecule has 1 saturated carbocycles. The summed E-state index contributed by atoms with van der Waals surface area (Å²) in [6.07, 6.45) is 3.68. The normalized spacial score (nSPS) is 29.8. The zero-order valence-electron chi connectivity index (χ0n) is 13.9. The largest absolute Gasteiger partial charge is 0.381 e. The number of amides is 1. The van der Waals surface area contributed by atoms with Gasteiger partial charge in [0.15, 0.2) is 5.65 Å². The number of ether oxygens (including phenoxy) is 2. The molecule has 0 spiro atoms. The molecule has 0 radical (unpaired) electrons. The Kier molecular flexibility index (Phi) is 3.73. The van der Waals surface area contributed by atoms with E-state index < -0.39 is 0 Å². The van der Waals surface area contributed by atoms with Gasteiger partial charge in [0.1, 0.15) is 5.69 Å². The van der Waals surface area contributed by atoms with E-state index in [4.69, 9.17) is 9.47 Å². The van der Waals surface area contributed by atoms with Crippen molar-refractivity contribution in [1.82, 2.24) is 24.9 Å². The molecule has 2 aliphatic rings. The monoisotopic (exact) mass is 331 g/mol. The van der Waals surface area contributed by atoms with Crippen LogP contribution in [-0.2, 0) is 9.47 Å². The Hall–Kier alpha value is -2.06. The highest BCUT2D eigenvalue weighted by molar-refractivity contribution is 5.93. The Morgan fingerprint density at radius 3 is 3.00 bits per heavy atom. The van der Waals surface area contributed by atoms with Gasteiger partial charge in [-0.1, -0.05) is 6.07 Å². The molecule has 0 aromatic carbocycles. The molecule has 4 rings (SSSR count). The molecular weight excluding hydrogens is 310 g/mol. The van der Waals surface area contributed by atoms with Gasteiger partial charge in [0.05, 0.1) is 17.7 Å². The minimum absolute atomic E-state index is 0.0143. The Balaban J connectivity index is 1.68. The van der Waals surface area contributed by atoms with Gasteiger partial charge >= 0.3 is 0 Å². The van der Waals surface area contributed by atoms with Crippen molar-refractivity contribution >= 4 is 11.6 Å². The fraction of sp³-hybridized carbons (Fsp3) is 0.625. The second-order valence-electron chi connectivity index (χ2n) is 6.53. The highest BCUT2D eigenvalue weighted by atomic mass is 16.5. The molecule has 2 fully saturated rings. The minimum Gasteiger partial charge on any atom is -0.381 e. The number of rotatable bonds is 3. The lowest BCUT2D eigenvalue weighted by Crippen LogP contribution is -2.53. The van der Waals surface area contributed by atoms with Crippen LogP contribution >= 0.6 is 0 Å². The molecule has 1 aliphatic heterocycles. The first-order valence-electron chi connectivity index (χ1n) is 8.24. The van der Waals surface area contributed by atoms with Crippen LogP contribution in [0.4, 0.5) is 0 Å². The fourth-order valence-corrected chi connectivity index (χ4v) is 4.19. The van der Waals surface area contributed by atoms with Crippen molar-refractivity contribution in [1.29, 1.82) is 0 Å². The minimum atomic E-state index is -0.265. The quantitative estimate of drug-likeness (QED) is 0.832. The standard InChI is InChI=1S/C16H21N5O3/c1-23-11-6-7-16(24-2)8-9-20(13(16)10-11)15(22)12-4-3-5-14-17-18-19-21(12)14/h3-5,11,13H,6-10H2,1-2H3/t11-,13+,16-/m1/s1. The summed E-state index contributed by atoms with van der Waals surface area (Å²) in [6, 6.07) is 5.36. The number of nitrogens with zero attached hydrogens (tertiary/aromatic N) is 5. The van der Waals surface area contributed by atoms with Gasteiger partial charge in [-0.25, -0.2) is 0 Å². The van der Waals surface area contributed by atoms with E-state index in [-0.39, 0.29) is 23.7 Å². The van der Waals surface area contributed by atoms with E-state index in [1.165, 1.54) is 4.52 Å². The number of carbonyl (C=O) groups is 1. The molecule has 3 heterocycles. The van der Waals surface area contributed by atoms with Gasteiger partial charge < -0.3 is 14.4 Å². The highest BCUT2D eigenvalue weighted by Gasteiger charge is 2.52.